The summed E-state index contributed by atoms with van der Waals surface area (Å²) in [6, 6.07) is 0. The quantitative estimate of drug-likeness (QED) is 0.388. The van der Waals surface area contributed by atoms with Gasteiger partial charge in [-0.2, -0.15) is 8.42 Å². The molecule has 0 aliphatic rings. The van der Waals surface area contributed by atoms with Crippen molar-refractivity contribution in [1.29, 1.82) is 0 Å². The molecule has 0 aliphatic carbocycles. The first kappa shape index (κ1) is 15.9. The van der Waals surface area contributed by atoms with Gasteiger partial charge in [0.15, 0.2) is 0 Å². The van der Waals surface area contributed by atoms with Crippen LogP contribution in [-0.4, -0.2) is 55.3 Å². The Hall–Kier alpha value is 1.71. The summed E-state index contributed by atoms with van der Waals surface area (Å²) in [5.41, 5.74) is 0. The molecule has 7 heteroatoms. The maximum atomic E-state index is 8.74. The molecule has 0 unspecified atom stereocenters. The van der Waals surface area contributed by atoms with Crippen molar-refractivity contribution in [3.63, 3.8) is 0 Å². The second kappa shape index (κ2) is 5.84. The SMILES string of the molecule is O=S(=O)(O)O.[Ca+2].[H-].[H-].[V]. The van der Waals surface area contributed by atoms with Gasteiger partial charge in [-0.25, -0.2) is 0 Å². The van der Waals surface area contributed by atoms with Crippen LogP contribution in [0.3, 0.4) is 0 Å². The molecule has 1 radical (unpaired) electrons. The van der Waals surface area contributed by atoms with E-state index in [1.54, 1.807) is 0 Å². The van der Waals surface area contributed by atoms with E-state index < -0.39 is 10.4 Å². The first-order valence-electron chi connectivity index (χ1n) is 0.698. The summed E-state index contributed by atoms with van der Waals surface area (Å²) in [7, 11) is -4.67. The average molecular weight is 191 g/mol. The van der Waals surface area contributed by atoms with E-state index in [0.717, 1.165) is 0 Å². The van der Waals surface area contributed by atoms with Crippen molar-refractivity contribution in [3.05, 3.63) is 0 Å². The van der Waals surface area contributed by atoms with Gasteiger partial charge in [0.1, 0.15) is 0 Å². The van der Waals surface area contributed by atoms with E-state index in [9.17, 15) is 0 Å². The summed E-state index contributed by atoms with van der Waals surface area (Å²) in [6.45, 7) is 0. The van der Waals surface area contributed by atoms with Crippen molar-refractivity contribution in [3.8, 4) is 0 Å². The van der Waals surface area contributed by atoms with E-state index in [0.29, 0.717) is 0 Å². The zero-order valence-electron chi connectivity index (χ0n) is 5.27. The Morgan fingerprint density at radius 2 is 1.29 bits per heavy atom. The van der Waals surface area contributed by atoms with Crippen molar-refractivity contribution in [1.82, 2.24) is 0 Å². The maximum Gasteiger partial charge on any atom is 2.00 e. The third kappa shape index (κ3) is 85.7. The van der Waals surface area contributed by atoms with Gasteiger partial charge in [0.2, 0.25) is 0 Å². The first-order valence-corrected chi connectivity index (χ1v) is 2.10. The molecule has 0 fully saturated rings. The van der Waals surface area contributed by atoms with E-state index in [-0.39, 0.29) is 59.1 Å². The Labute approximate surface area is 86.1 Å². The molecule has 0 heterocycles. The van der Waals surface area contributed by atoms with E-state index in [1.807, 2.05) is 0 Å². The van der Waals surface area contributed by atoms with E-state index in [4.69, 9.17) is 17.5 Å². The van der Waals surface area contributed by atoms with Crippen LogP contribution in [0, 0.1) is 0 Å². The fourth-order valence-electron chi connectivity index (χ4n) is 0. The van der Waals surface area contributed by atoms with Crippen LogP contribution in [0.4, 0.5) is 0 Å². The Morgan fingerprint density at radius 1 is 1.29 bits per heavy atom. The molecule has 0 aromatic rings. The van der Waals surface area contributed by atoms with Crippen LogP contribution in [0.25, 0.3) is 0 Å². The fourth-order valence-corrected chi connectivity index (χ4v) is 0. The van der Waals surface area contributed by atoms with Gasteiger partial charge in [0, 0.05) is 18.6 Å². The van der Waals surface area contributed by atoms with Crippen LogP contribution in [0.2, 0.25) is 0 Å². The minimum Gasteiger partial charge on any atom is -1.00 e. The van der Waals surface area contributed by atoms with E-state index in [2.05, 4.69) is 0 Å². The molecule has 0 aromatic heterocycles. The summed E-state index contributed by atoms with van der Waals surface area (Å²) >= 11 is 0. The van der Waals surface area contributed by atoms with Crippen LogP contribution in [0.1, 0.15) is 2.85 Å². The Bertz CT molecular complexity index is 102. The minimum absolute atomic E-state index is 0. The van der Waals surface area contributed by atoms with Gasteiger partial charge in [0.25, 0.3) is 0 Å². The van der Waals surface area contributed by atoms with Crippen LogP contribution >= 0.6 is 0 Å². The summed E-state index contributed by atoms with van der Waals surface area (Å²) < 4.78 is 31.6. The Morgan fingerprint density at radius 3 is 1.29 bits per heavy atom. The summed E-state index contributed by atoms with van der Waals surface area (Å²) in [5.74, 6) is 0. The van der Waals surface area contributed by atoms with Crippen LogP contribution < -0.4 is 0 Å². The predicted molar refractivity (Wildman–Crippen MR) is 22.2 cm³/mol. The topological polar surface area (TPSA) is 74.6 Å². The fraction of sp³-hybridized carbons (Fsp3) is 0. The van der Waals surface area contributed by atoms with Gasteiger partial charge in [-0.15, -0.1) is 0 Å². The second-order valence-corrected chi connectivity index (χ2v) is 1.34. The molecule has 4 nitrogen and oxygen atoms in total. The normalized spacial score (nSPS) is 8.29. The second-order valence-electron chi connectivity index (χ2n) is 0.448. The van der Waals surface area contributed by atoms with Crippen molar-refractivity contribution in [2.75, 3.05) is 0 Å². The largest absolute Gasteiger partial charge is 2.00 e. The molecule has 0 bridgehead atoms. The van der Waals surface area contributed by atoms with Gasteiger partial charge >= 0.3 is 48.1 Å². The van der Waals surface area contributed by atoms with Gasteiger partial charge in [-0.3, -0.25) is 9.11 Å². The van der Waals surface area contributed by atoms with Crippen LogP contribution in [0.5, 0.6) is 0 Å². The van der Waals surface area contributed by atoms with E-state index >= 15 is 0 Å². The molecule has 7 heavy (non-hydrogen) atoms. The summed E-state index contributed by atoms with van der Waals surface area (Å²) in [5, 5.41) is 0. The van der Waals surface area contributed by atoms with Gasteiger partial charge in [-0.05, 0) is 0 Å². The van der Waals surface area contributed by atoms with Gasteiger partial charge < -0.3 is 2.85 Å². The standard InChI is InChI=1S/Ca.H2O4S.V.2H/c;1-5(2,3)4;;;/h;(H2,1,2,3,4);;;/q+2;;;2*-1. The van der Waals surface area contributed by atoms with Gasteiger partial charge in [0.05, 0.1) is 0 Å². The molecule has 2 N–H and O–H groups in total. The molecule has 41 valence electrons. The zero-order chi connectivity index (χ0) is 4.50. The molecule has 0 saturated carbocycles. The molecule has 0 atom stereocenters. The number of hydrogen-bond acceptors (Lipinski definition) is 2. The maximum absolute atomic E-state index is 8.74. The molecular weight excluding hydrogens is 187 g/mol. The molecule has 0 aromatic carbocycles. The monoisotopic (exact) mass is 191 g/mol. The molecule has 0 rings (SSSR count). The third-order valence-electron chi connectivity index (χ3n) is 0. The van der Waals surface area contributed by atoms with Crippen molar-refractivity contribution >= 4 is 48.1 Å². The summed E-state index contributed by atoms with van der Waals surface area (Å²) in [4.78, 5) is 0. The Kier molecular flexibility index (Phi) is 13.3. The van der Waals surface area contributed by atoms with Crippen molar-refractivity contribution in [2.24, 2.45) is 0 Å². The molecule has 0 saturated heterocycles. The smallest absolute Gasteiger partial charge is 1.00 e. The predicted octanol–water partition coefficient (Wildman–Crippen LogP) is -0.811. The number of rotatable bonds is 0. The first-order chi connectivity index (χ1) is 2.00. The zero-order valence-corrected chi connectivity index (χ0v) is 7.70. The minimum atomic E-state index is -4.67. The van der Waals surface area contributed by atoms with Gasteiger partial charge in [-0.1, -0.05) is 0 Å². The average Bonchev–Trinajstić information content (AvgIpc) is 0.722. The van der Waals surface area contributed by atoms with Crippen molar-refractivity contribution in [2.45, 2.75) is 0 Å². The molecule has 0 spiro atoms. The van der Waals surface area contributed by atoms with Crippen molar-refractivity contribution < 1.29 is 38.9 Å². The summed E-state index contributed by atoms with van der Waals surface area (Å²) in [6.07, 6.45) is 0. The molecular formula is H4CaO4SV. The Balaban J connectivity index is -0.0000000133. The number of hydrogen-bond donors (Lipinski definition) is 2. The third-order valence-corrected chi connectivity index (χ3v) is 0. The molecule has 0 aliphatic heterocycles. The van der Waals surface area contributed by atoms with Crippen LogP contribution in [0.15, 0.2) is 0 Å². The molecule has 0 amide bonds. The van der Waals surface area contributed by atoms with E-state index in [1.165, 1.54) is 0 Å². The van der Waals surface area contributed by atoms with Crippen LogP contribution in [-0.2, 0) is 29.0 Å².